The van der Waals surface area contributed by atoms with Crippen molar-refractivity contribution in [3.63, 3.8) is 0 Å². The molecule has 18 heavy (non-hydrogen) atoms. The molecule has 2 rings (SSSR count). The Hall–Kier alpha value is -0.920. The molecule has 1 aliphatic rings. The van der Waals surface area contributed by atoms with E-state index in [1.54, 1.807) is 18.0 Å². The van der Waals surface area contributed by atoms with E-state index >= 15 is 0 Å². The number of rotatable bonds is 7. The second kappa shape index (κ2) is 5.81. The molecule has 98 valence electrons. The summed E-state index contributed by atoms with van der Waals surface area (Å²) in [5.74, 6) is 3.16. The van der Waals surface area contributed by atoms with E-state index in [-0.39, 0.29) is 5.54 Å². The molecule has 1 atom stereocenters. The van der Waals surface area contributed by atoms with Crippen molar-refractivity contribution in [2.75, 3.05) is 5.75 Å². The van der Waals surface area contributed by atoms with Crippen molar-refractivity contribution >= 4 is 11.8 Å². The number of thioether (sulfide) groups is 1. The quantitative estimate of drug-likeness (QED) is 0.821. The third-order valence-electron chi connectivity index (χ3n) is 3.17. The minimum Gasteiger partial charge on any atom is -0.468 e. The molecule has 0 radical (unpaired) electrons. The Morgan fingerprint density at radius 3 is 2.89 bits per heavy atom. The van der Waals surface area contributed by atoms with Crippen molar-refractivity contribution in [3.05, 3.63) is 24.2 Å². The number of nitrogens with one attached hydrogen (secondary N) is 1. The first-order valence-corrected chi connectivity index (χ1v) is 7.61. The van der Waals surface area contributed by atoms with Crippen molar-refractivity contribution in [3.8, 4) is 6.07 Å². The van der Waals surface area contributed by atoms with Gasteiger partial charge in [-0.3, -0.25) is 5.32 Å². The lowest BCUT2D eigenvalue weighted by atomic mass is 9.96. The molecule has 0 saturated heterocycles. The van der Waals surface area contributed by atoms with Gasteiger partial charge in [-0.05, 0) is 44.7 Å². The fourth-order valence-corrected chi connectivity index (χ4v) is 3.40. The fourth-order valence-electron chi connectivity index (χ4n) is 2.23. The first kappa shape index (κ1) is 13.5. The topological polar surface area (TPSA) is 49.0 Å². The summed E-state index contributed by atoms with van der Waals surface area (Å²) in [6, 6.07) is 6.75. The van der Waals surface area contributed by atoms with E-state index in [1.807, 2.05) is 12.1 Å². The lowest BCUT2D eigenvalue weighted by Gasteiger charge is -2.30. The second-order valence-corrected chi connectivity index (χ2v) is 6.21. The van der Waals surface area contributed by atoms with Gasteiger partial charge in [-0.1, -0.05) is 0 Å². The lowest BCUT2D eigenvalue weighted by Crippen LogP contribution is -2.51. The molecular weight excluding hydrogens is 244 g/mol. The summed E-state index contributed by atoms with van der Waals surface area (Å²) in [5, 5.41) is 13.0. The number of nitrogens with zero attached hydrogens (tertiary/aromatic N) is 1. The van der Waals surface area contributed by atoms with Crippen LogP contribution >= 0.6 is 11.8 Å². The van der Waals surface area contributed by atoms with E-state index in [9.17, 15) is 5.26 Å². The number of furan rings is 1. The van der Waals surface area contributed by atoms with Gasteiger partial charge in [-0.15, -0.1) is 0 Å². The third kappa shape index (κ3) is 3.30. The molecule has 1 N–H and O–H groups in total. The van der Waals surface area contributed by atoms with Crippen molar-refractivity contribution in [2.24, 2.45) is 5.92 Å². The molecule has 1 fully saturated rings. The van der Waals surface area contributed by atoms with E-state index in [0.29, 0.717) is 12.0 Å². The van der Waals surface area contributed by atoms with E-state index in [0.717, 1.165) is 17.3 Å². The van der Waals surface area contributed by atoms with Gasteiger partial charge in [-0.25, -0.2) is 0 Å². The second-order valence-electron chi connectivity index (χ2n) is 5.23. The molecule has 1 heterocycles. The molecule has 0 aliphatic heterocycles. The van der Waals surface area contributed by atoms with Gasteiger partial charge in [0.15, 0.2) is 0 Å². The van der Waals surface area contributed by atoms with Crippen LogP contribution in [0.15, 0.2) is 22.8 Å². The minimum atomic E-state index is -0.356. The summed E-state index contributed by atoms with van der Waals surface area (Å²) in [7, 11) is 0. The molecular formula is C14H20N2OS. The summed E-state index contributed by atoms with van der Waals surface area (Å²) >= 11 is 1.77. The summed E-state index contributed by atoms with van der Waals surface area (Å²) in [6.07, 6.45) is 4.05. The highest BCUT2D eigenvalue weighted by molar-refractivity contribution is 7.98. The van der Waals surface area contributed by atoms with Crippen LogP contribution in [0.25, 0.3) is 0 Å². The number of hydrogen-bond donors (Lipinski definition) is 1. The van der Waals surface area contributed by atoms with Gasteiger partial charge in [0.1, 0.15) is 11.3 Å². The van der Waals surface area contributed by atoms with Crippen LogP contribution in [0, 0.1) is 17.2 Å². The van der Waals surface area contributed by atoms with Crippen molar-refractivity contribution < 1.29 is 4.42 Å². The number of hydrogen-bond acceptors (Lipinski definition) is 4. The normalized spacial score (nSPS) is 18.6. The van der Waals surface area contributed by atoms with Gasteiger partial charge in [0.2, 0.25) is 0 Å². The Morgan fingerprint density at radius 1 is 1.61 bits per heavy atom. The predicted molar refractivity (Wildman–Crippen MR) is 74.2 cm³/mol. The van der Waals surface area contributed by atoms with Gasteiger partial charge >= 0.3 is 0 Å². The maximum absolute atomic E-state index is 9.54. The zero-order valence-corrected chi connectivity index (χ0v) is 11.8. The third-order valence-corrected chi connectivity index (χ3v) is 4.32. The highest BCUT2D eigenvalue weighted by Crippen LogP contribution is 2.41. The summed E-state index contributed by atoms with van der Waals surface area (Å²) in [4.78, 5) is 0. The van der Waals surface area contributed by atoms with Crippen LogP contribution in [0.2, 0.25) is 0 Å². The highest BCUT2D eigenvalue weighted by Gasteiger charge is 2.45. The van der Waals surface area contributed by atoms with Gasteiger partial charge in [0.25, 0.3) is 0 Å². The predicted octanol–water partition coefficient (Wildman–Crippen LogP) is 3.18. The van der Waals surface area contributed by atoms with Crippen LogP contribution in [-0.2, 0) is 5.75 Å². The molecule has 1 saturated carbocycles. The lowest BCUT2D eigenvalue weighted by molar-refractivity contribution is 0.370. The van der Waals surface area contributed by atoms with Crippen molar-refractivity contribution in [1.29, 1.82) is 5.26 Å². The summed E-state index contributed by atoms with van der Waals surface area (Å²) < 4.78 is 5.31. The summed E-state index contributed by atoms with van der Waals surface area (Å²) in [6.45, 7) is 4.21. The van der Waals surface area contributed by atoms with Gasteiger partial charge in [0.05, 0.1) is 18.1 Å². The first-order valence-electron chi connectivity index (χ1n) is 6.45. The Labute approximate surface area is 113 Å². The zero-order valence-electron chi connectivity index (χ0n) is 11.0. The molecule has 4 heteroatoms. The maximum atomic E-state index is 9.54. The van der Waals surface area contributed by atoms with Crippen LogP contribution in [-0.4, -0.2) is 17.3 Å². The summed E-state index contributed by atoms with van der Waals surface area (Å²) in [5.41, 5.74) is -0.356. The van der Waals surface area contributed by atoms with Crippen LogP contribution in [0.4, 0.5) is 0 Å². The minimum absolute atomic E-state index is 0.342. The Kier molecular flexibility index (Phi) is 4.36. The zero-order chi connectivity index (χ0) is 13.0. The first-order chi connectivity index (χ1) is 8.66. The molecule has 1 aliphatic carbocycles. The molecule has 0 aromatic carbocycles. The fraction of sp³-hybridized carbons (Fsp3) is 0.643. The average Bonchev–Trinajstić information content (AvgIpc) is 3.07. The largest absolute Gasteiger partial charge is 0.468 e. The monoisotopic (exact) mass is 264 g/mol. The van der Waals surface area contributed by atoms with Crippen molar-refractivity contribution in [1.82, 2.24) is 5.32 Å². The van der Waals surface area contributed by atoms with Gasteiger partial charge in [0, 0.05) is 11.8 Å². The Balaban J connectivity index is 1.91. The van der Waals surface area contributed by atoms with E-state index < -0.39 is 0 Å². The maximum Gasteiger partial charge on any atom is 0.118 e. The smallest absolute Gasteiger partial charge is 0.118 e. The van der Waals surface area contributed by atoms with Crippen LogP contribution in [0.5, 0.6) is 0 Å². The molecule has 3 nitrogen and oxygen atoms in total. The van der Waals surface area contributed by atoms with E-state index in [1.165, 1.54) is 12.8 Å². The average molecular weight is 264 g/mol. The molecule has 0 bridgehead atoms. The molecule has 1 unspecified atom stereocenters. The highest BCUT2D eigenvalue weighted by atomic mass is 32.2. The number of nitriles is 1. The molecule has 1 aromatic rings. The van der Waals surface area contributed by atoms with Crippen LogP contribution in [0.1, 0.15) is 32.4 Å². The standard InChI is InChI=1S/C14H20N2OS/c1-11(2)16-14(9-15,12-5-6-12)10-18-8-13-4-3-7-17-13/h3-4,7,11-12,16H,5-6,8,10H2,1-2H3. The van der Waals surface area contributed by atoms with Gasteiger partial charge in [-0.2, -0.15) is 17.0 Å². The molecule has 0 amide bonds. The van der Waals surface area contributed by atoms with Gasteiger partial charge < -0.3 is 4.42 Å². The SMILES string of the molecule is CC(C)NC(C#N)(CSCc1ccco1)C1CC1. The Morgan fingerprint density at radius 2 is 2.39 bits per heavy atom. The molecule has 0 spiro atoms. The van der Waals surface area contributed by atoms with Crippen LogP contribution < -0.4 is 5.32 Å². The van der Waals surface area contributed by atoms with E-state index in [4.69, 9.17) is 4.42 Å². The van der Waals surface area contributed by atoms with Crippen LogP contribution in [0.3, 0.4) is 0 Å². The molecule has 1 aromatic heterocycles. The van der Waals surface area contributed by atoms with Crippen molar-refractivity contribution in [2.45, 2.75) is 44.0 Å². The van der Waals surface area contributed by atoms with E-state index in [2.05, 4.69) is 25.2 Å². The Bertz CT molecular complexity index is 406.